The highest BCUT2D eigenvalue weighted by Gasteiger charge is 2.44. The van der Waals surface area contributed by atoms with Crippen molar-refractivity contribution in [2.45, 2.75) is 30.7 Å². The number of phenolic OH excluding ortho intramolecular Hbond substituents is 2. The maximum absolute atomic E-state index is 11.7. The molecule has 1 aliphatic rings. The van der Waals surface area contributed by atoms with E-state index >= 15 is 0 Å². The zero-order valence-corrected chi connectivity index (χ0v) is 13.3. The molecule has 1 saturated heterocycles. The first kappa shape index (κ1) is 19.2. The minimum atomic E-state index is -1.50. The molecule has 1 heterocycles. The van der Waals surface area contributed by atoms with Crippen molar-refractivity contribution in [3.05, 3.63) is 29.8 Å². The van der Waals surface area contributed by atoms with Gasteiger partial charge in [-0.05, 0) is 23.8 Å². The Labute approximate surface area is 143 Å². The molecular weight excluding hydrogens is 336 g/mol. The zero-order chi connectivity index (χ0) is 18.6. The lowest BCUT2D eigenvalue weighted by Gasteiger charge is -2.39. The Hall–Kier alpha value is -2.17. The molecule has 9 nitrogen and oxygen atoms in total. The second-order valence-electron chi connectivity index (χ2n) is 5.46. The number of rotatable bonds is 5. The van der Waals surface area contributed by atoms with Gasteiger partial charge in [0.1, 0.15) is 31.0 Å². The second kappa shape index (κ2) is 8.28. The van der Waals surface area contributed by atoms with E-state index in [-0.39, 0.29) is 18.1 Å². The molecule has 0 saturated carbocycles. The van der Waals surface area contributed by atoms with Gasteiger partial charge in [-0.2, -0.15) is 0 Å². The fraction of sp³-hybridized carbons (Fsp3) is 0.438. The van der Waals surface area contributed by atoms with Crippen LogP contribution in [0.2, 0.25) is 0 Å². The van der Waals surface area contributed by atoms with Gasteiger partial charge in [0.25, 0.3) is 0 Å². The Balaban J connectivity index is 1.90. The Morgan fingerprint density at radius 1 is 1.16 bits per heavy atom. The van der Waals surface area contributed by atoms with Crippen LogP contribution in [0.4, 0.5) is 0 Å². The van der Waals surface area contributed by atoms with Crippen LogP contribution in [-0.4, -0.2) is 75.9 Å². The quantitative estimate of drug-likeness (QED) is 0.257. The van der Waals surface area contributed by atoms with Crippen LogP contribution in [0.5, 0.6) is 11.5 Å². The zero-order valence-electron chi connectivity index (χ0n) is 13.3. The molecular formula is C16H20O9. The van der Waals surface area contributed by atoms with E-state index in [1.165, 1.54) is 31.4 Å². The summed E-state index contributed by atoms with van der Waals surface area (Å²) in [6, 6.07) is 4.01. The number of carbonyl (C=O) groups is 1. The summed E-state index contributed by atoms with van der Waals surface area (Å²) in [7, 11) is 1.26. The molecule has 1 fully saturated rings. The van der Waals surface area contributed by atoms with Gasteiger partial charge in [-0.25, -0.2) is 4.79 Å². The molecule has 5 N–H and O–H groups in total. The predicted molar refractivity (Wildman–Crippen MR) is 83.5 cm³/mol. The van der Waals surface area contributed by atoms with E-state index in [0.29, 0.717) is 5.56 Å². The van der Waals surface area contributed by atoms with E-state index in [1.807, 2.05) is 0 Å². The molecule has 0 amide bonds. The smallest absolute Gasteiger partial charge is 0.330 e. The first-order valence-corrected chi connectivity index (χ1v) is 7.42. The molecule has 1 aromatic rings. The summed E-state index contributed by atoms with van der Waals surface area (Å²) in [4.78, 5) is 11.7. The molecule has 2 rings (SSSR count). The summed E-state index contributed by atoms with van der Waals surface area (Å²) in [5, 5.41) is 47.8. The lowest BCUT2D eigenvalue weighted by atomic mass is 9.99. The first-order chi connectivity index (χ1) is 11.8. The van der Waals surface area contributed by atoms with E-state index in [4.69, 9.17) is 14.2 Å². The Morgan fingerprint density at radius 3 is 2.52 bits per heavy atom. The van der Waals surface area contributed by atoms with Crippen LogP contribution in [0.25, 0.3) is 6.08 Å². The number of aliphatic hydroxyl groups is 3. The molecule has 0 spiro atoms. The molecule has 1 aromatic carbocycles. The van der Waals surface area contributed by atoms with Crippen LogP contribution in [-0.2, 0) is 19.0 Å². The molecule has 1 aliphatic heterocycles. The number of ether oxygens (including phenoxy) is 3. The molecule has 5 atom stereocenters. The third-order valence-electron chi connectivity index (χ3n) is 3.70. The molecule has 0 bridgehead atoms. The summed E-state index contributed by atoms with van der Waals surface area (Å²) in [6.07, 6.45) is -4.16. The van der Waals surface area contributed by atoms with Crippen molar-refractivity contribution < 1.29 is 44.5 Å². The van der Waals surface area contributed by atoms with E-state index < -0.39 is 36.7 Å². The van der Waals surface area contributed by atoms with Gasteiger partial charge in [0.15, 0.2) is 17.8 Å². The van der Waals surface area contributed by atoms with Gasteiger partial charge in [-0.3, -0.25) is 0 Å². The van der Waals surface area contributed by atoms with Crippen molar-refractivity contribution in [3.63, 3.8) is 0 Å². The summed E-state index contributed by atoms with van der Waals surface area (Å²) in [5.41, 5.74) is 0.458. The van der Waals surface area contributed by atoms with Gasteiger partial charge in [-0.15, -0.1) is 0 Å². The van der Waals surface area contributed by atoms with Crippen LogP contribution in [0, 0.1) is 0 Å². The lowest BCUT2D eigenvalue weighted by molar-refractivity contribution is -0.294. The van der Waals surface area contributed by atoms with Crippen LogP contribution in [0.1, 0.15) is 5.56 Å². The van der Waals surface area contributed by atoms with Gasteiger partial charge < -0.3 is 39.7 Å². The third kappa shape index (κ3) is 4.68. The minimum absolute atomic E-state index is 0.281. The van der Waals surface area contributed by atoms with Crippen molar-refractivity contribution in [2.75, 3.05) is 13.7 Å². The summed E-state index contributed by atoms with van der Waals surface area (Å²) < 4.78 is 15.0. The number of benzene rings is 1. The highest BCUT2D eigenvalue weighted by Crippen LogP contribution is 2.25. The Bertz CT molecular complexity index is 628. The minimum Gasteiger partial charge on any atom is -0.504 e. The SMILES string of the molecule is COC1O[C@H](COC(=O)C=Cc2ccc(O)c(O)c2)[C@@H](O)[C@H](O)[C@H]1O. The monoisotopic (exact) mass is 356 g/mol. The van der Waals surface area contributed by atoms with Crippen LogP contribution >= 0.6 is 0 Å². The fourth-order valence-corrected chi connectivity index (χ4v) is 2.27. The third-order valence-corrected chi connectivity index (χ3v) is 3.70. The number of hydrogen-bond donors (Lipinski definition) is 5. The van der Waals surface area contributed by atoms with Crippen molar-refractivity contribution in [3.8, 4) is 11.5 Å². The van der Waals surface area contributed by atoms with Crippen molar-refractivity contribution in [2.24, 2.45) is 0 Å². The van der Waals surface area contributed by atoms with Crippen LogP contribution < -0.4 is 0 Å². The van der Waals surface area contributed by atoms with Crippen molar-refractivity contribution >= 4 is 12.0 Å². The molecule has 25 heavy (non-hydrogen) atoms. The molecule has 0 aromatic heterocycles. The van der Waals surface area contributed by atoms with Gasteiger partial charge in [0, 0.05) is 13.2 Å². The van der Waals surface area contributed by atoms with E-state index in [1.54, 1.807) is 0 Å². The first-order valence-electron chi connectivity index (χ1n) is 7.42. The molecule has 9 heteroatoms. The number of phenols is 2. The average Bonchev–Trinajstić information content (AvgIpc) is 2.60. The van der Waals surface area contributed by atoms with Crippen LogP contribution in [0.3, 0.4) is 0 Å². The second-order valence-corrected chi connectivity index (χ2v) is 5.46. The highest BCUT2D eigenvalue weighted by molar-refractivity contribution is 5.87. The normalized spacial score (nSPS) is 29.7. The van der Waals surface area contributed by atoms with Crippen molar-refractivity contribution in [1.29, 1.82) is 0 Å². The van der Waals surface area contributed by atoms with Gasteiger partial charge >= 0.3 is 5.97 Å². The maximum atomic E-state index is 11.7. The number of methoxy groups -OCH3 is 1. The molecule has 0 radical (unpaired) electrons. The average molecular weight is 356 g/mol. The standard InChI is InChI=1S/C16H20O9/c1-23-16-15(22)14(21)13(20)11(25-16)7-24-12(19)5-3-8-2-4-9(17)10(18)6-8/h2-6,11,13-18,20-22H,7H2,1H3/t11-,13-,14+,15-,16?/m1/s1. The maximum Gasteiger partial charge on any atom is 0.330 e. The van der Waals surface area contributed by atoms with Gasteiger partial charge in [-0.1, -0.05) is 6.07 Å². The van der Waals surface area contributed by atoms with Gasteiger partial charge in [0.2, 0.25) is 0 Å². The van der Waals surface area contributed by atoms with Crippen LogP contribution in [0.15, 0.2) is 24.3 Å². The van der Waals surface area contributed by atoms with E-state index in [0.717, 1.165) is 6.08 Å². The van der Waals surface area contributed by atoms with Crippen molar-refractivity contribution in [1.82, 2.24) is 0 Å². The number of esters is 1. The highest BCUT2D eigenvalue weighted by atomic mass is 16.7. The largest absolute Gasteiger partial charge is 0.504 e. The molecule has 0 aliphatic carbocycles. The molecule has 1 unspecified atom stereocenters. The number of aromatic hydroxyl groups is 2. The number of hydrogen-bond acceptors (Lipinski definition) is 9. The topological polar surface area (TPSA) is 146 Å². The molecule has 138 valence electrons. The van der Waals surface area contributed by atoms with E-state index in [9.17, 15) is 30.3 Å². The van der Waals surface area contributed by atoms with E-state index in [2.05, 4.69) is 0 Å². The summed E-state index contributed by atoms with van der Waals surface area (Å²) >= 11 is 0. The summed E-state index contributed by atoms with van der Waals surface area (Å²) in [5.74, 6) is -1.36. The summed E-state index contributed by atoms with van der Waals surface area (Å²) in [6.45, 7) is -0.366. The Kier molecular flexibility index (Phi) is 6.34. The number of carbonyl (C=O) groups excluding carboxylic acids is 1. The fourth-order valence-electron chi connectivity index (χ4n) is 2.27. The lowest BCUT2D eigenvalue weighted by Crippen LogP contribution is -2.59. The Morgan fingerprint density at radius 2 is 1.88 bits per heavy atom. The van der Waals surface area contributed by atoms with Gasteiger partial charge in [0.05, 0.1) is 0 Å². The number of aliphatic hydroxyl groups excluding tert-OH is 3. The predicted octanol–water partition coefficient (Wildman–Crippen LogP) is -0.892.